The summed E-state index contributed by atoms with van der Waals surface area (Å²) in [5, 5.41) is 0. The average Bonchev–Trinajstić information content (AvgIpc) is 2.93. The van der Waals surface area contributed by atoms with Crippen LogP contribution in [0.2, 0.25) is 0 Å². The Balaban J connectivity index is 1.32. The Hall–Kier alpha value is -2.48. The molecule has 0 radical (unpaired) electrons. The molecular weight excluding hydrogens is 483 g/mol. The Morgan fingerprint density at radius 2 is 1.68 bits per heavy atom. The summed E-state index contributed by atoms with van der Waals surface area (Å²) in [5.41, 5.74) is 1.92. The minimum Gasteiger partial charge on any atom is -0.493 e. The van der Waals surface area contributed by atoms with E-state index in [1.54, 1.807) is 12.1 Å². The molecule has 7 heteroatoms. The molecule has 4 rings (SSSR count). The van der Waals surface area contributed by atoms with Crippen LogP contribution < -0.4 is 4.74 Å². The number of hydrogen-bond acceptors (Lipinski definition) is 5. The van der Waals surface area contributed by atoms with Gasteiger partial charge in [0.2, 0.25) is 5.91 Å². The van der Waals surface area contributed by atoms with Crippen LogP contribution in [0.1, 0.15) is 57.1 Å². The first-order valence-electron chi connectivity index (χ1n) is 14.2. The Kier molecular flexibility index (Phi) is 11.0. The third kappa shape index (κ3) is 9.07. The zero-order valence-electron chi connectivity index (χ0n) is 22.9. The van der Waals surface area contributed by atoms with Crippen LogP contribution in [0.3, 0.4) is 0 Å². The highest BCUT2D eigenvalue weighted by atomic mass is 19.1. The zero-order chi connectivity index (χ0) is 26.7. The lowest BCUT2D eigenvalue weighted by molar-refractivity contribution is -0.181. The van der Waals surface area contributed by atoms with Gasteiger partial charge in [0.25, 0.3) is 0 Å². The molecule has 0 aliphatic carbocycles. The van der Waals surface area contributed by atoms with Crippen molar-refractivity contribution in [2.75, 3.05) is 39.5 Å². The molecule has 2 aromatic carbocycles. The molecule has 0 bridgehead atoms. The maximum atomic E-state index is 13.6. The van der Waals surface area contributed by atoms with E-state index < -0.39 is 0 Å². The first-order valence-corrected chi connectivity index (χ1v) is 14.2. The standard InChI is InChI=1S/C31H43FN2O4/c1-24(2)23-38-29-12-8-25(9-13-29)21-30(35)34(22-26-6-10-27(32)11-7-26)28-14-17-33(18-15-28)16-3-5-31-36-19-4-20-37-31/h6-13,24,28,31H,3-5,14-23H2,1-2H3. The van der Waals surface area contributed by atoms with E-state index in [-0.39, 0.29) is 24.1 Å². The van der Waals surface area contributed by atoms with Crippen LogP contribution >= 0.6 is 0 Å². The van der Waals surface area contributed by atoms with Crippen molar-refractivity contribution >= 4 is 5.91 Å². The predicted molar refractivity (Wildman–Crippen MR) is 146 cm³/mol. The fourth-order valence-electron chi connectivity index (χ4n) is 5.09. The van der Waals surface area contributed by atoms with Crippen LogP contribution in [0.25, 0.3) is 0 Å². The van der Waals surface area contributed by atoms with Gasteiger partial charge in [-0.1, -0.05) is 38.1 Å². The number of likely N-dealkylation sites (tertiary alicyclic amines) is 1. The number of nitrogens with zero attached hydrogens (tertiary/aromatic N) is 2. The van der Waals surface area contributed by atoms with Crippen LogP contribution in [-0.2, 0) is 27.2 Å². The average molecular weight is 527 g/mol. The molecule has 208 valence electrons. The lowest BCUT2D eigenvalue weighted by Crippen LogP contribution is -2.47. The highest BCUT2D eigenvalue weighted by molar-refractivity contribution is 5.79. The number of carbonyl (C=O) groups excluding carboxylic acids is 1. The number of halogens is 1. The molecular formula is C31H43FN2O4. The molecule has 0 saturated carbocycles. The van der Waals surface area contributed by atoms with Crippen molar-refractivity contribution in [3.8, 4) is 5.75 Å². The summed E-state index contributed by atoms with van der Waals surface area (Å²) in [6, 6.07) is 14.5. The van der Waals surface area contributed by atoms with Gasteiger partial charge in [-0.2, -0.15) is 0 Å². The SMILES string of the molecule is CC(C)COc1ccc(CC(=O)N(Cc2ccc(F)cc2)C2CCN(CCCC3OCCCO3)CC2)cc1. The summed E-state index contributed by atoms with van der Waals surface area (Å²) < 4.78 is 30.6. The topological polar surface area (TPSA) is 51.2 Å². The van der Waals surface area contributed by atoms with Gasteiger partial charge in [-0.3, -0.25) is 4.79 Å². The molecule has 38 heavy (non-hydrogen) atoms. The summed E-state index contributed by atoms with van der Waals surface area (Å²) in [4.78, 5) is 18.1. The molecule has 2 saturated heterocycles. The Labute approximate surface area is 227 Å². The smallest absolute Gasteiger partial charge is 0.227 e. The van der Waals surface area contributed by atoms with Gasteiger partial charge in [-0.15, -0.1) is 0 Å². The van der Waals surface area contributed by atoms with E-state index in [0.29, 0.717) is 25.5 Å². The summed E-state index contributed by atoms with van der Waals surface area (Å²) in [6.07, 6.45) is 5.11. The number of rotatable bonds is 12. The highest BCUT2D eigenvalue weighted by Crippen LogP contribution is 2.22. The first kappa shape index (κ1) is 28.5. The maximum absolute atomic E-state index is 13.6. The van der Waals surface area contributed by atoms with Crippen molar-refractivity contribution in [2.24, 2.45) is 5.92 Å². The lowest BCUT2D eigenvalue weighted by atomic mass is 10.00. The normalized spacial score (nSPS) is 17.6. The van der Waals surface area contributed by atoms with E-state index in [0.717, 1.165) is 81.8 Å². The number of amides is 1. The van der Waals surface area contributed by atoms with Gasteiger partial charge >= 0.3 is 0 Å². The summed E-state index contributed by atoms with van der Waals surface area (Å²) >= 11 is 0. The van der Waals surface area contributed by atoms with Crippen LogP contribution in [0.4, 0.5) is 4.39 Å². The van der Waals surface area contributed by atoms with Gasteiger partial charge in [0.05, 0.1) is 26.2 Å². The molecule has 2 aliphatic heterocycles. The molecule has 2 fully saturated rings. The van der Waals surface area contributed by atoms with Crippen molar-refractivity contribution < 1.29 is 23.4 Å². The predicted octanol–water partition coefficient (Wildman–Crippen LogP) is 5.44. The van der Waals surface area contributed by atoms with Gasteiger partial charge in [0, 0.05) is 25.7 Å². The van der Waals surface area contributed by atoms with Crippen molar-refractivity contribution in [1.82, 2.24) is 9.80 Å². The number of hydrogen-bond donors (Lipinski definition) is 0. The molecule has 2 aromatic rings. The summed E-state index contributed by atoms with van der Waals surface area (Å²) in [6.45, 7) is 9.95. The van der Waals surface area contributed by atoms with E-state index >= 15 is 0 Å². The van der Waals surface area contributed by atoms with Crippen molar-refractivity contribution in [3.05, 3.63) is 65.5 Å². The molecule has 2 aliphatic rings. The molecule has 2 heterocycles. The van der Waals surface area contributed by atoms with E-state index in [2.05, 4.69) is 18.7 Å². The van der Waals surface area contributed by atoms with Crippen LogP contribution in [-0.4, -0.2) is 67.5 Å². The third-order valence-corrected chi connectivity index (χ3v) is 7.26. The van der Waals surface area contributed by atoms with E-state index in [1.807, 2.05) is 29.2 Å². The van der Waals surface area contributed by atoms with E-state index in [9.17, 15) is 9.18 Å². The van der Waals surface area contributed by atoms with Crippen LogP contribution in [0, 0.1) is 11.7 Å². The van der Waals surface area contributed by atoms with Gasteiger partial charge in [0.1, 0.15) is 11.6 Å². The van der Waals surface area contributed by atoms with Gasteiger partial charge in [-0.25, -0.2) is 4.39 Å². The summed E-state index contributed by atoms with van der Waals surface area (Å²) in [5.74, 6) is 1.13. The lowest BCUT2D eigenvalue weighted by Gasteiger charge is -2.39. The zero-order valence-corrected chi connectivity index (χ0v) is 22.9. The van der Waals surface area contributed by atoms with Crippen molar-refractivity contribution in [2.45, 2.75) is 71.2 Å². The second-order valence-electron chi connectivity index (χ2n) is 10.9. The van der Waals surface area contributed by atoms with Gasteiger partial charge < -0.3 is 24.0 Å². The molecule has 0 aromatic heterocycles. The Morgan fingerprint density at radius 1 is 1.03 bits per heavy atom. The number of benzene rings is 2. The first-order chi connectivity index (χ1) is 18.5. The van der Waals surface area contributed by atoms with E-state index in [4.69, 9.17) is 14.2 Å². The molecule has 0 N–H and O–H groups in total. The number of piperidine rings is 1. The van der Waals surface area contributed by atoms with Crippen molar-refractivity contribution in [1.29, 1.82) is 0 Å². The minimum atomic E-state index is -0.260. The third-order valence-electron chi connectivity index (χ3n) is 7.26. The highest BCUT2D eigenvalue weighted by Gasteiger charge is 2.28. The molecule has 1 amide bonds. The Morgan fingerprint density at radius 3 is 2.34 bits per heavy atom. The molecule has 0 atom stereocenters. The molecule has 0 spiro atoms. The van der Waals surface area contributed by atoms with Crippen LogP contribution in [0.5, 0.6) is 5.75 Å². The van der Waals surface area contributed by atoms with Crippen molar-refractivity contribution in [3.63, 3.8) is 0 Å². The van der Waals surface area contributed by atoms with Crippen LogP contribution in [0.15, 0.2) is 48.5 Å². The molecule has 6 nitrogen and oxygen atoms in total. The fourth-order valence-corrected chi connectivity index (χ4v) is 5.09. The summed E-state index contributed by atoms with van der Waals surface area (Å²) in [7, 11) is 0. The second kappa shape index (κ2) is 14.6. The number of ether oxygens (including phenoxy) is 3. The van der Waals surface area contributed by atoms with Gasteiger partial charge in [0.15, 0.2) is 6.29 Å². The monoisotopic (exact) mass is 526 g/mol. The van der Waals surface area contributed by atoms with E-state index in [1.165, 1.54) is 12.1 Å². The fraction of sp³-hybridized carbons (Fsp3) is 0.581. The van der Waals surface area contributed by atoms with Gasteiger partial charge in [-0.05, 0) is 80.0 Å². The largest absolute Gasteiger partial charge is 0.493 e. The Bertz CT molecular complexity index is 968. The second-order valence-corrected chi connectivity index (χ2v) is 10.9. The maximum Gasteiger partial charge on any atom is 0.227 e. The molecule has 0 unspecified atom stereocenters. The quantitative estimate of drug-likeness (QED) is 0.369. The minimum absolute atomic E-state index is 0.0547. The number of carbonyl (C=O) groups is 1.